The second-order valence-corrected chi connectivity index (χ2v) is 7.10. The highest BCUT2D eigenvalue weighted by Gasteiger charge is 2.33. The van der Waals surface area contributed by atoms with Gasteiger partial charge in [0.15, 0.2) is 0 Å². The average molecular weight is 404 g/mol. The molecular weight excluding hydrogens is 380 g/mol. The molecule has 1 aromatic heterocycles. The largest absolute Gasteiger partial charge is 0.466 e. The lowest BCUT2D eigenvalue weighted by molar-refractivity contribution is -0.136. The second-order valence-electron chi connectivity index (χ2n) is 7.10. The van der Waals surface area contributed by atoms with Gasteiger partial charge in [-0.25, -0.2) is 10.2 Å². The predicted molar refractivity (Wildman–Crippen MR) is 113 cm³/mol. The summed E-state index contributed by atoms with van der Waals surface area (Å²) in [4.78, 5) is 12.3. The Labute approximate surface area is 174 Å². The number of H-pyrrole nitrogens is 1. The summed E-state index contributed by atoms with van der Waals surface area (Å²) < 4.78 is 5.01. The van der Waals surface area contributed by atoms with Crippen LogP contribution in [0.3, 0.4) is 0 Å². The zero-order valence-corrected chi connectivity index (χ0v) is 17.2. The minimum atomic E-state index is -0.286. The Morgan fingerprint density at radius 1 is 1.13 bits per heavy atom. The molecule has 8 nitrogen and oxygen atoms in total. The number of rotatable bonds is 6. The molecule has 0 aliphatic carbocycles. The maximum atomic E-state index is 12.3. The van der Waals surface area contributed by atoms with E-state index in [1.807, 2.05) is 43.1 Å². The van der Waals surface area contributed by atoms with Crippen LogP contribution in [0.2, 0.25) is 0 Å². The van der Waals surface area contributed by atoms with Gasteiger partial charge in [-0.1, -0.05) is 48.5 Å². The van der Waals surface area contributed by atoms with Crippen molar-refractivity contribution in [3.63, 3.8) is 0 Å². The molecule has 1 atom stereocenters. The molecule has 0 radical (unpaired) electrons. The van der Waals surface area contributed by atoms with Crippen LogP contribution in [0.4, 0.5) is 0 Å². The predicted octanol–water partition coefficient (Wildman–Crippen LogP) is 2.73. The number of ether oxygens (including phenoxy) is 1. The van der Waals surface area contributed by atoms with Gasteiger partial charge >= 0.3 is 5.97 Å². The van der Waals surface area contributed by atoms with Crippen molar-refractivity contribution in [1.82, 2.24) is 31.1 Å². The van der Waals surface area contributed by atoms with Gasteiger partial charge in [0.2, 0.25) is 5.82 Å². The first-order valence-corrected chi connectivity index (χ1v) is 9.87. The molecule has 2 N–H and O–H groups in total. The van der Waals surface area contributed by atoms with Gasteiger partial charge in [-0.2, -0.15) is 5.21 Å². The summed E-state index contributed by atoms with van der Waals surface area (Å²) in [5.74, 6) is 0.277. The number of hydrogen-bond acceptors (Lipinski definition) is 7. The van der Waals surface area contributed by atoms with E-state index in [0.717, 1.165) is 34.5 Å². The maximum Gasteiger partial charge on any atom is 0.337 e. The van der Waals surface area contributed by atoms with Crippen LogP contribution in [0.1, 0.15) is 19.4 Å². The van der Waals surface area contributed by atoms with Crippen LogP contribution in [0.5, 0.6) is 0 Å². The van der Waals surface area contributed by atoms with Crippen LogP contribution in [-0.2, 0) is 16.0 Å². The van der Waals surface area contributed by atoms with Crippen molar-refractivity contribution in [2.24, 2.45) is 0 Å². The van der Waals surface area contributed by atoms with Gasteiger partial charge in [-0.05, 0) is 42.2 Å². The molecule has 0 bridgehead atoms. The lowest BCUT2D eigenvalue weighted by Crippen LogP contribution is -2.39. The van der Waals surface area contributed by atoms with Crippen LogP contribution in [0.25, 0.3) is 22.5 Å². The number of carbonyl (C=O) groups is 1. The fraction of sp³-hybridized carbons (Fsp3) is 0.273. The minimum absolute atomic E-state index is 0.116. The number of hydrogen-bond donors (Lipinski definition) is 2. The Kier molecular flexibility index (Phi) is 5.58. The van der Waals surface area contributed by atoms with Gasteiger partial charge in [0.05, 0.1) is 18.7 Å². The van der Waals surface area contributed by atoms with Gasteiger partial charge in [-0.15, -0.1) is 10.2 Å². The molecule has 1 aliphatic rings. The maximum absolute atomic E-state index is 12.3. The first-order chi connectivity index (χ1) is 14.6. The summed E-state index contributed by atoms with van der Waals surface area (Å²) in [6.45, 7) is 4.76. The number of allylic oxidation sites excluding steroid dienone is 1. The highest BCUT2D eigenvalue weighted by Crippen LogP contribution is 2.30. The summed E-state index contributed by atoms with van der Waals surface area (Å²) >= 11 is 0. The summed E-state index contributed by atoms with van der Waals surface area (Å²) in [6.07, 6.45) is 0.686. The monoisotopic (exact) mass is 404 g/mol. The summed E-state index contributed by atoms with van der Waals surface area (Å²) in [7, 11) is 1.42. The van der Waals surface area contributed by atoms with Crippen LogP contribution in [0.15, 0.2) is 59.8 Å². The van der Waals surface area contributed by atoms with Crippen LogP contribution < -0.4 is 5.43 Å². The number of carbonyl (C=O) groups excluding carboxylic acids is 1. The van der Waals surface area contributed by atoms with Crippen LogP contribution in [-0.4, -0.2) is 51.3 Å². The third kappa shape index (κ3) is 3.69. The Bertz CT molecular complexity index is 1060. The van der Waals surface area contributed by atoms with E-state index in [-0.39, 0.29) is 12.0 Å². The Morgan fingerprint density at radius 3 is 2.50 bits per heavy atom. The number of tetrazole rings is 1. The van der Waals surface area contributed by atoms with E-state index in [4.69, 9.17) is 4.74 Å². The van der Waals surface area contributed by atoms with Crippen molar-refractivity contribution >= 4 is 5.97 Å². The number of esters is 1. The molecule has 0 saturated carbocycles. The number of aromatic nitrogens is 4. The van der Waals surface area contributed by atoms with Gasteiger partial charge in [0.25, 0.3) is 0 Å². The molecule has 0 spiro atoms. The van der Waals surface area contributed by atoms with Crippen molar-refractivity contribution in [3.05, 3.63) is 65.4 Å². The van der Waals surface area contributed by atoms with Crippen molar-refractivity contribution in [1.29, 1.82) is 0 Å². The molecule has 3 aromatic rings. The topological polar surface area (TPSA) is 96.0 Å². The van der Waals surface area contributed by atoms with Crippen molar-refractivity contribution in [3.8, 4) is 22.5 Å². The Morgan fingerprint density at radius 2 is 1.87 bits per heavy atom. The number of aromatic amines is 1. The molecular formula is C22H24N6O2. The SMILES string of the molecule is CCN1NC(Cc2ccc(-c3ccccc3-c3nn[nH]n3)cc2)C(C(=O)OC)=C1C. The summed E-state index contributed by atoms with van der Waals surface area (Å²) in [5, 5.41) is 16.4. The Hall–Kier alpha value is -3.52. The minimum Gasteiger partial charge on any atom is -0.466 e. The third-order valence-electron chi connectivity index (χ3n) is 5.39. The normalized spacial score (nSPS) is 16.2. The number of benzene rings is 2. The highest BCUT2D eigenvalue weighted by atomic mass is 16.5. The Balaban J connectivity index is 1.58. The number of hydrazine groups is 1. The number of nitrogens with zero attached hydrogens (tertiary/aromatic N) is 4. The fourth-order valence-corrected chi connectivity index (χ4v) is 3.88. The van der Waals surface area contributed by atoms with E-state index in [2.05, 4.69) is 50.3 Å². The quantitative estimate of drug-likeness (QED) is 0.610. The lowest BCUT2D eigenvalue weighted by atomic mass is 9.95. The van der Waals surface area contributed by atoms with Crippen molar-refractivity contribution in [2.45, 2.75) is 26.3 Å². The molecule has 0 saturated heterocycles. The number of nitrogens with one attached hydrogen (secondary N) is 2. The van der Waals surface area contributed by atoms with Gasteiger partial charge in [0.1, 0.15) is 0 Å². The van der Waals surface area contributed by atoms with Gasteiger partial charge in [0, 0.05) is 17.8 Å². The molecule has 154 valence electrons. The van der Waals surface area contributed by atoms with E-state index in [9.17, 15) is 4.79 Å². The molecule has 0 amide bonds. The molecule has 1 unspecified atom stereocenters. The first-order valence-electron chi connectivity index (χ1n) is 9.87. The van der Waals surface area contributed by atoms with E-state index < -0.39 is 0 Å². The first kappa shape index (κ1) is 19.8. The molecule has 4 rings (SSSR count). The zero-order valence-electron chi connectivity index (χ0n) is 17.2. The van der Waals surface area contributed by atoms with Crippen LogP contribution in [0, 0.1) is 0 Å². The van der Waals surface area contributed by atoms with Crippen molar-refractivity contribution in [2.75, 3.05) is 13.7 Å². The standard InChI is InChI=1S/C22H24N6O2/c1-4-28-14(2)20(22(29)30-3)19(25-28)13-15-9-11-16(12-10-15)17-7-5-6-8-18(17)21-23-26-27-24-21/h5-12,19,25H,4,13H2,1-3H3,(H,23,24,26,27). The average Bonchev–Trinajstić information content (AvgIpc) is 3.42. The molecule has 0 fully saturated rings. The summed E-state index contributed by atoms with van der Waals surface area (Å²) in [6, 6.07) is 16.2. The molecule has 8 heteroatoms. The van der Waals surface area contributed by atoms with Gasteiger partial charge < -0.3 is 9.75 Å². The van der Waals surface area contributed by atoms with Crippen LogP contribution >= 0.6 is 0 Å². The summed E-state index contributed by atoms with van der Waals surface area (Å²) in [5.41, 5.74) is 9.15. The zero-order chi connectivity index (χ0) is 21.1. The second kappa shape index (κ2) is 8.46. The molecule has 30 heavy (non-hydrogen) atoms. The molecule has 2 aromatic carbocycles. The fourth-order valence-electron chi connectivity index (χ4n) is 3.88. The van der Waals surface area contributed by atoms with Crippen molar-refractivity contribution < 1.29 is 9.53 Å². The highest BCUT2D eigenvalue weighted by molar-refractivity contribution is 5.91. The molecule has 1 aliphatic heterocycles. The van der Waals surface area contributed by atoms with Gasteiger partial charge in [-0.3, -0.25) is 0 Å². The third-order valence-corrected chi connectivity index (χ3v) is 5.39. The smallest absolute Gasteiger partial charge is 0.337 e. The lowest BCUT2D eigenvalue weighted by Gasteiger charge is -2.20. The number of methoxy groups -OCH3 is 1. The van der Waals surface area contributed by atoms with E-state index in [1.165, 1.54) is 7.11 Å². The van der Waals surface area contributed by atoms with E-state index in [1.54, 1.807) is 0 Å². The van der Waals surface area contributed by atoms with E-state index >= 15 is 0 Å². The van der Waals surface area contributed by atoms with E-state index in [0.29, 0.717) is 17.8 Å². The molecule has 2 heterocycles.